The molecule has 2 heteroatoms. The normalized spacial score (nSPS) is 24.2. The molecule has 1 aliphatic rings. The van der Waals surface area contributed by atoms with Crippen molar-refractivity contribution in [2.24, 2.45) is 11.8 Å². The molecule has 106 valence electrons. The van der Waals surface area contributed by atoms with E-state index in [0.717, 1.165) is 11.8 Å². The van der Waals surface area contributed by atoms with Crippen molar-refractivity contribution in [3.63, 3.8) is 0 Å². The number of hydrogen-bond donors (Lipinski definition) is 1. The van der Waals surface area contributed by atoms with Crippen LogP contribution in [0.3, 0.4) is 0 Å². The van der Waals surface area contributed by atoms with Gasteiger partial charge in [-0.2, -0.15) is 0 Å². The molecule has 0 radical (unpaired) electrons. The third kappa shape index (κ3) is 4.45. The van der Waals surface area contributed by atoms with Crippen molar-refractivity contribution in [3.8, 4) is 0 Å². The Morgan fingerprint density at radius 3 is 2.42 bits per heavy atom. The molecule has 2 atom stereocenters. The molecule has 2 rings (SSSR count). The molecule has 1 aromatic carbocycles. The summed E-state index contributed by atoms with van der Waals surface area (Å²) in [5.41, 5.74) is 1.28. The van der Waals surface area contributed by atoms with Crippen molar-refractivity contribution in [3.05, 3.63) is 24.3 Å². The molecule has 1 saturated carbocycles. The second-order valence-electron chi connectivity index (χ2n) is 6.08. The maximum absolute atomic E-state index is 3.72. The van der Waals surface area contributed by atoms with E-state index in [1.807, 2.05) is 0 Å². The summed E-state index contributed by atoms with van der Waals surface area (Å²) in [6, 6.07) is 9.53. The van der Waals surface area contributed by atoms with Gasteiger partial charge in [0.05, 0.1) is 0 Å². The molecule has 0 amide bonds. The molecule has 1 fully saturated rings. The average molecular weight is 277 g/mol. The third-order valence-electron chi connectivity index (χ3n) is 4.42. The van der Waals surface area contributed by atoms with Crippen molar-refractivity contribution < 1.29 is 0 Å². The van der Waals surface area contributed by atoms with E-state index in [1.54, 1.807) is 11.8 Å². The second kappa shape index (κ2) is 7.23. The Bertz CT molecular complexity index is 371. The zero-order valence-corrected chi connectivity index (χ0v) is 13.3. The van der Waals surface area contributed by atoms with E-state index in [1.165, 1.54) is 42.7 Å². The minimum absolute atomic E-state index is 0.670. The molecule has 1 aromatic rings. The van der Waals surface area contributed by atoms with Crippen LogP contribution in [-0.4, -0.2) is 12.3 Å². The highest BCUT2D eigenvalue weighted by molar-refractivity contribution is 7.98. The molecule has 1 nitrogen and oxygen atoms in total. The number of thioether (sulfide) groups is 1. The highest BCUT2D eigenvalue weighted by Crippen LogP contribution is 2.30. The molecule has 2 unspecified atom stereocenters. The SMILES string of the molecule is CSc1ccc(NC2CCCC(C(C)C)CC2)cc1. The second-order valence-corrected chi connectivity index (χ2v) is 6.96. The van der Waals surface area contributed by atoms with E-state index in [9.17, 15) is 0 Å². The van der Waals surface area contributed by atoms with Crippen molar-refractivity contribution >= 4 is 17.4 Å². The minimum Gasteiger partial charge on any atom is -0.382 e. The van der Waals surface area contributed by atoms with Crippen LogP contribution in [0.5, 0.6) is 0 Å². The summed E-state index contributed by atoms with van der Waals surface area (Å²) >= 11 is 1.80. The van der Waals surface area contributed by atoms with Crippen LogP contribution in [0.4, 0.5) is 5.69 Å². The largest absolute Gasteiger partial charge is 0.382 e. The molecule has 19 heavy (non-hydrogen) atoms. The van der Waals surface area contributed by atoms with Crippen LogP contribution in [0.15, 0.2) is 29.2 Å². The maximum atomic E-state index is 3.72. The van der Waals surface area contributed by atoms with Crippen molar-refractivity contribution in [2.75, 3.05) is 11.6 Å². The first-order chi connectivity index (χ1) is 9.19. The first-order valence-corrected chi connectivity index (χ1v) is 8.82. The molecule has 0 aliphatic heterocycles. The molecule has 0 bridgehead atoms. The van der Waals surface area contributed by atoms with Crippen LogP contribution in [0.2, 0.25) is 0 Å². The van der Waals surface area contributed by atoms with Gasteiger partial charge in [0.25, 0.3) is 0 Å². The van der Waals surface area contributed by atoms with Crippen LogP contribution in [0.25, 0.3) is 0 Å². The van der Waals surface area contributed by atoms with Gasteiger partial charge in [-0.3, -0.25) is 0 Å². The zero-order valence-electron chi connectivity index (χ0n) is 12.5. The summed E-state index contributed by atoms with van der Waals surface area (Å²) in [7, 11) is 0. The Morgan fingerprint density at radius 1 is 1.05 bits per heavy atom. The molecule has 0 saturated heterocycles. The van der Waals surface area contributed by atoms with Crippen LogP contribution in [0, 0.1) is 11.8 Å². The van der Waals surface area contributed by atoms with Gasteiger partial charge in [0.15, 0.2) is 0 Å². The van der Waals surface area contributed by atoms with Crippen molar-refractivity contribution in [1.82, 2.24) is 0 Å². The topological polar surface area (TPSA) is 12.0 Å². The van der Waals surface area contributed by atoms with E-state index >= 15 is 0 Å². The minimum atomic E-state index is 0.670. The predicted octanol–water partition coefficient (Wildman–Crippen LogP) is 5.43. The summed E-state index contributed by atoms with van der Waals surface area (Å²) in [5.74, 6) is 1.78. The Labute approximate surface area is 122 Å². The van der Waals surface area contributed by atoms with Gasteiger partial charge in [-0.1, -0.05) is 26.7 Å². The monoisotopic (exact) mass is 277 g/mol. The lowest BCUT2D eigenvalue weighted by atomic mass is 9.89. The quantitative estimate of drug-likeness (QED) is 0.582. The maximum Gasteiger partial charge on any atom is 0.0343 e. The third-order valence-corrected chi connectivity index (χ3v) is 5.16. The fourth-order valence-electron chi connectivity index (χ4n) is 3.06. The summed E-state index contributed by atoms with van der Waals surface area (Å²) in [5, 5.41) is 3.72. The van der Waals surface area contributed by atoms with Gasteiger partial charge in [0.2, 0.25) is 0 Å². The fraction of sp³-hybridized carbons (Fsp3) is 0.647. The summed E-state index contributed by atoms with van der Waals surface area (Å²) in [4.78, 5) is 1.34. The van der Waals surface area contributed by atoms with Crippen LogP contribution >= 0.6 is 11.8 Å². The van der Waals surface area contributed by atoms with Crippen molar-refractivity contribution in [1.29, 1.82) is 0 Å². The summed E-state index contributed by atoms with van der Waals surface area (Å²) in [6.07, 6.45) is 8.96. The van der Waals surface area contributed by atoms with Gasteiger partial charge in [-0.05, 0) is 61.6 Å². The number of nitrogens with one attached hydrogen (secondary N) is 1. The molecule has 1 N–H and O–H groups in total. The highest BCUT2D eigenvalue weighted by Gasteiger charge is 2.20. The summed E-state index contributed by atoms with van der Waals surface area (Å²) < 4.78 is 0. The Balaban J connectivity index is 1.88. The van der Waals surface area contributed by atoms with Crippen LogP contribution in [0.1, 0.15) is 46.0 Å². The number of benzene rings is 1. The van der Waals surface area contributed by atoms with Gasteiger partial charge in [0, 0.05) is 16.6 Å². The lowest BCUT2D eigenvalue weighted by molar-refractivity contribution is 0.341. The Kier molecular flexibility index (Phi) is 5.62. The molecule has 1 aliphatic carbocycles. The first kappa shape index (κ1) is 14.8. The van der Waals surface area contributed by atoms with Gasteiger partial charge in [-0.25, -0.2) is 0 Å². The smallest absolute Gasteiger partial charge is 0.0343 e. The number of rotatable bonds is 4. The Hall–Kier alpha value is -0.630. The molecule has 0 heterocycles. The molecule has 0 aromatic heterocycles. The average Bonchev–Trinajstić information content (AvgIpc) is 2.65. The molecule has 0 spiro atoms. The lowest BCUT2D eigenvalue weighted by Crippen LogP contribution is -2.18. The first-order valence-electron chi connectivity index (χ1n) is 7.59. The van der Waals surface area contributed by atoms with Gasteiger partial charge >= 0.3 is 0 Å². The van der Waals surface area contributed by atoms with E-state index in [-0.39, 0.29) is 0 Å². The van der Waals surface area contributed by atoms with E-state index in [2.05, 4.69) is 49.7 Å². The number of anilines is 1. The molecular weight excluding hydrogens is 250 g/mol. The van der Waals surface area contributed by atoms with Gasteiger partial charge in [0.1, 0.15) is 0 Å². The lowest BCUT2D eigenvalue weighted by Gasteiger charge is -2.20. The van der Waals surface area contributed by atoms with Gasteiger partial charge < -0.3 is 5.32 Å². The highest BCUT2D eigenvalue weighted by atomic mass is 32.2. The summed E-state index contributed by atoms with van der Waals surface area (Å²) in [6.45, 7) is 4.75. The van der Waals surface area contributed by atoms with E-state index < -0.39 is 0 Å². The van der Waals surface area contributed by atoms with Crippen molar-refractivity contribution in [2.45, 2.75) is 56.9 Å². The van der Waals surface area contributed by atoms with E-state index in [4.69, 9.17) is 0 Å². The van der Waals surface area contributed by atoms with Crippen LogP contribution in [-0.2, 0) is 0 Å². The standard InChI is InChI=1S/C17H27NS/c1-13(2)14-5-4-6-15(8-7-14)18-16-9-11-17(19-3)12-10-16/h9-15,18H,4-8H2,1-3H3. The van der Waals surface area contributed by atoms with Crippen LogP contribution < -0.4 is 5.32 Å². The van der Waals surface area contributed by atoms with Gasteiger partial charge in [-0.15, -0.1) is 11.8 Å². The predicted molar refractivity (Wildman–Crippen MR) is 87.0 cm³/mol. The van der Waals surface area contributed by atoms with E-state index in [0.29, 0.717) is 6.04 Å². The fourth-order valence-corrected chi connectivity index (χ4v) is 3.47. The number of hydrogen-bond acceptors (Lipinski definition) is 2. The Morgan fingerprint density at radius 2 is 1.79 bits per heavy atom. The molecular formula is C17H27NS. The zero-order chi connectivity index (χ0) is 13.7.